The highest BCUT2D eigenvalue weighted by Gasteiger charge is 1.94. The normalized spacial score (nSPS) is 9.71. The van der Waals surface area contributed by atoms with E-state index in [0.717, 1.165) is 18.1 Å². The highest BCUT2D eigenvalue weighted by atomic mass is 79.9. The third-order valence-electron chi connectivity index (χ3n) is 2.29. The molecule has 1 heterocycles. The van der Waals surface area contributed by atoms with E-state index in [9.17, 15) is 0 Å². The number of hydrogen-bond donors (Lipinski definition) is 1. The Bertz CT molecular complexity index is 431. The summed E-state index contributed by atoms with van der Waals surface area (Å²) in [7, 11) is 0. The highest BCUT2D eigenvalue weighted by Crippen LogP contribution is 2.09. The van der Waals surface area contributed by atoms with Crippen molar-refractivity contribution in [3.05, 3.63) is 64.9 Å². The van der Waals surface area contributed by atoms with E-state index in [1.807, 2.05) is 36.5 Å². The summed E-state index contributed by atoms with van der Waals surface area (Å²) in [5, 5.41) is 4.13. The maximum absolute atomic E-state index is 5.81. The van der Waals surface area contributed by atoms with Gasteiger partial charge < -0.3 is 22.3 Å². The molecule has 1 aromatic carbocycles. The van der Waals surface area contributed by atoms with Gasteiger partial charge >= 0.3 is 0 Å². The third-order valence-corrected chi connectivity index (χ3v) is 2.55. The molecule has 0 saturated heterocycles. The van der Waals surface area contributed by atoms with Gasteiger partial charge in [-0.2, -0.15) is 0 Å². The minimum absolute atomic E-state index is 0. The maximum Gasteiger partial charge on any atom is 0.0406 e. The van der Waals surface area contributed by atoms with Crippen molar-refractivity contribution in [3.63, 3.8) is 0 Å². The molecule has 0 amide bonds. The summed E-state index contributed by atoms with van der Waals surface area (Å²) in [5.41, 5.74) is 2.42. The second-order valence-electron chi connectivity index (χ2n) is 3.59. The Morgan fingerprint density at radius 3 is 2.35 bits per heavy atom. The van der Waals surface area contributed by atoms with Gasteiger partial charge in [0.15, 0.2) is 0 Å². The molecule has 1 aromatic heterocycles. The standard InChI is InChI=1S/C13H13ClN2.BrH/c14-13-5-3-11(4-6-13)8-16-10-12-2-1-7-15-9-12;/h1-7,9,16H,8,10H2;1H/p-1. The molecular formula is C13H13BrClN2-. The summed E-state index contributed by atoms with van der Waals surface area (Å²) in [4.78, 5) is 4.06. The second-order valence-corrected chi connectivity index (χ2v) is 4.03. The zero-order valence-electron chi connectivity index (χ0n) is 9.24. The minimum Gasteiger partial charge on any atom is -1.00 e. The zero-order chi connectivity index (χ0) is 11.2. The molecule has 0 unspecified atom stereocenters. The lowest BCUT2D eigenvalue weighted by Crippen LogP contribution is -3.00. The van der Waals surface area contributed by atoms with Crippen LogP contribution in [0, 0.1) is 0 Å². The van der Waals surface area contributed by atoms with Crippen LogP contribution in [-0.2, 0) is 13.1 Å². The van der Waals surface area contributed by atoms with E-state index in [1.54, 1.807) is 6.20 Å². The van der Waals surface area contributed by atoms with Crippen LogP contribution in [-0.4, -0.2) is 4.98 Å². The lowest BCUT2D eigenvalue weighted by atomic mass is 10.2. The first-order chi connectivity index (χ1) is 7.84. The van der Waals surface area contributed by atoms with Crippen LogP contribution in [0.2, 0.25) is 5.02 Å². The molecule has 0 aliphatic carbocycles. The highest BCUT2D eigenvalue weighted by molar-refractivity contribution is 6.30. The molecule has 17 heavy (non-hydrogen) atoms. The lowest BCUT2D eigenvalue weighted by molar-refractivity contribution is -0.00000323. The van der Waals surface area contributed by atoms with Crippen molar-refractivity contribution >= 4 is 11.6 Å². The van der Waals surface area contributed by atoms with E-state index >= 15 is 0 Å². The molecule has 0 aliphatic rings. The van der Waals surface area contributed by atoms with Crippen LogP contribution in [0.15, 0.2) is 48.8 Å². The minimum atomic E-state index is 0. The van der Waals surface area contributed by atoms with Crippen LogP contribution in [0.25, 0.3) is 0 Å². The van der Waals surface area contributed by atoms with Crippen molar-refractivity contribution in [2.75, 3.05) is 0 Å². The largest absolute Gasteiger partial charge is 1.00 e. The van der Waals surface area contributed by atoms with E-state index in [2.05, 4.69) is 16.4 Å². The molecule has 0 radical (unpaired) electrons. The summed E-state index contributed by atoms with van der Waals surface area (Å²) in [5.74, 6) is 0. The topological polar surface area (TPSA) is 24.9 Å². The molecule has 2 rings (SSSR count). The molecule has 0 spiro atoms. The van der Waals surface area contributed by atoms with Crippen LogP contribution in [0.1, 0.15) is 11.1 Å². The summed E-state index contributed by atoms with van der Waals surface area (Å²) in [6.07, 6.45) is 3.65. The van der Waals surface area contributed by atoms with Gasteiger partial charge in [-0.25, -0.2) is 0 Å². The van der Waals surface area contributed by atoms with Crippen LogP contribution >= 0.6 is 11.6 Å². The van der Waals surface area contributed by atoms with Crippen LogP contribution < -0.4 is 22.3 Å². The molecule has 2 nitrogen and oxygen atoms in total. The van der Waals surface area contributed by atoms with Gasteiger partial charge in [0.1, 0.15) is 0 Å². The summed E-state index contributed by atoms with van der Waals surface area (Å²) < 4.78 is 0. The Balaban J connectivity index is 0.00000144. The Morgan fingerprint density at radius 2 is 1.71 bits per heavy atom. The van der Waals surface area contributed by atoms with Gasteiger partial charge in [-0.15, -0.1) is 0 Å². The smallest absolute Gasteiger partial charge is 0.0406 e. The number of halogens is 2. The fraction of sp³-hybridized carbons (Fsp3) is 0.154. The van der Waals surface area contributed by atoms with Crippen molar-refractivity contribution in [2.45, 2.75) is 13.1 Å². The number of nitrogens with one attached hydrogen (secondary N) is 1. The fourth-order valence-electron chi connectivity index (χ4n) is 1.46. The Morgan fingerprint density at radius 1 is 1.00 bits per heavy atom. The van der Waals surface area contributed by atoms with E-state index in [1.165, 1.54) is 11.1 Å². The van der Waals surface area contributed by atoms with Crippen molar-refractivity contribution in [2.24, 2.45) is 0 Å². The SMILES string of the molecule is Clc1ccc(CNCc2cccnc2)cc1.[Br-]. The monoisotopic (exact) mass is 311 g/mol. The molecule has 0 fully saturated rings. The zero-order valence-corrected chi connectivity index (χ0v) is 11.6. The van der Waals surface area contributed by atoms with E-state index in [-0.39, 0.29) is 17.0 Å². The third kappa shape index (κ3) is 4.86. The molecule has 2 aromatic rings. The number of hydrogen-bond acceptors (Lipinski definition) is 2. The molecule has 0 aliphatic heterocycles. The fourth-order valence-corrected chi connectivity index (χ4v) is 1.58. The first kappa shape index (κ1) is 14.2. The Kier molecular flexibility index (Phi) is 6.19. The first-order valence-corrected chi connectivity index (χ1v) is 5.56. The van der Waals surface area contributed by atoms with Gasteiger partial charge in [0, 0.05) is 30.5 Å². The molecule has 4 heteroatoms. The average molecular weight is 313 g/mol. The number of aromatic nitrogens is 1. The van der Waals surface area contributed by atoms with Gasteiger partial charge in [-0.3, -0.25) is 4.98 Å². The van der Waals surface area contributed by atoms with Crippen molar-refractivity contribution in [3.8, 4) is 0 Å². The van der Waals surface area contributed by atoms with Gasteiger partial charge in [0.05, 0.1) is 0 Å². The van der Waals surface area contributed by atoms with Crippen LogP contribution in [0.3, 0.4) is 0 Å². The molecule has 90 valence electrons. The number of nitrogens with zero attached hydrogens (tertiary/aromatic N) is 1. The number of pyridine rings is 1. The van der Waals surface area contributed by atoms with Crippen LogP contribution in [0.4, 0.5) is 0 Å². The lowest BCUT2D eigenvalue weighted by Gasteiger charge is -2.04. The molecular weight excluding hydrogens is 300 g/mol. The maximum atomic E-state index is 5.81. The summed E-state index contributed by atoms with van der Waals surface area (Å²) >= 11 is 5.81. The first-order valence-electron chi connectivity index (χ1n) is 5.18. The quantitative estimate of drug-likeness (QED) is 0.862. The Hall–Kier alpha value is -0.900. The van der Waals surface area contributed by atoms with Gasteiger partial charge in [-0.05, 0) is 29.3 Å². The van der Waals surface area contributed by atoms with Crippen molar-refractivity contribution in [1.82, 2.24) is 10.3 Å². The average Bonchev–Trinajstić information content (AvgIpc) is 2.33. The molecule has 0 bridgehead atoms. The van der Waals surface area contributed by atoms with Crippen molar-refractivity contribution < 1.29 is 17.0 Å². The van der Waals surface area contributed by atoms with Gasteiger partial charge in [0.2, 0.25) is 0 Å². The number of benzene rings is 1. The van der Waals surface area contributed by atoms with E-state index in [4.69, 9.17) is 11.6 Å². The van der Waals surface area contributed by atoms with E-state index < -0.39 is 0 Å². The number of rotatable bonds is 4. The molecule has 0 atom stereocenters. The second kappa shape index (κ2) is 7.43. The predicted molar refractivity (Wildman–Crippen MR) is 66.2 cm³/mol. The summed E-state index contributed by atoms with van der Waals surface area (Å²) in [6, 6.07) is 11.9. The Labute approximate surface area is 117 Å². The van der Waals surface area contributed by atoms with Crippen LogP contribution in [0.5, 0.6) is 0 Å². The van der Waals surface area contributed by atoms with Crippen molar-refractivity contribution in [1.29, 1.82) is 0 Å². The molecule has 1 N–H and O–H groups in total. The van der Waals surface area contributed by atoms with E-state index in [0.29, 0.717) is 0 Å². The summed E-state index contributed by atoms with van der Waals surface area (Å²) in [6.45, 7) is 1.67. The predicted octanol–water partition coefficient (Wildman–Crippen LogP) is 0.0288. The molecule has 0 saturated carbocycles. The van der Waals surface area contributed by atoms with Gasteiger partial charge in [0.25, 0.3) is 0 Å². The van der Waals surface area contributed by atoms with Gasteiger partial charge in [-0.1, -0.05) is 29.8 Å².